The Labute approximate surface area is 309 Å². The maximum Gasteiger partial charge on any atom is 0.0159 e. The highest BCUT2D eigenvalue weighted by Crippen LogP contribution is 2.55. The van der Waals surface area contributed by atoms with E-state index in [1.165, 1.54) is 109 Å². The van der Waals surface area contributed by atoms with E-state index in [9.17, 15) is 0 Å². The first-order valence-electron chi connectivity index (χ1n) is 18.7. The zero-order valence-corrected chi connectivity index (χ0v) is 29.8. The second kappa shape index (κ2) is 11.2. The Morgan fingerprint density at radius 2 is 0.774 bits per heavy atom. The highest BCUT2D eigenvalue weighted by atomic mass is 14.4. The molecule has 0 heterocycles. The molecule has 0 aliphatic heterocycles. The molecule has 0 nitrogen and oxygen atoms in total. The number of hydrogen-bond acceptors (Lipinski definition) is 0. The van der Waals surface area contributed by atoms with E-state index in [2.05, 4.69) is 196 Å². The Balaban J connectivity index is 1.14. The van der Waals surface area contributed by atoms with E-state index in [-0.39, 0.29) is 5.41 Å². The summed E-state index contributed by atoms with van der Waals surface area (Å²) in [7, 11) is 0. The quantitative estimate of drug-likeness (QED) is 0.129. The molecule has 10 aromatic carbocycles. The molecule has 0 fully saturated rings. The summed E-state index contributed by atoms with van der Waals surface area (Å²) in [5, 5.41) is 12.8. The molecule has 0 amide bonds. The molecule has 0 aromatic heterocycles. The van der Waals surface area contributed by atoms with Gasteiger partial charge in [-0.2, -0.15) is 0 Å². The highest BCUT2D eigenvalue weighted by molar-refractivity contribution is 6.22. The largest absolute Gasteiger partial charge is 0.0616 e. The Kier molecular flexibility index (Phi) is 6.40. The fourth-order valence-electron chi connectivity index (χ4n) is 9.55. The molecule has 11 rings (SSSR count). The monoisotopic (exact) mass is 672 g/mol. The van der Waals surface area contributed by atoms with Crippen LogP contribution in [0.2, 0.25) is 0 Å². The van der Waals surface area contributed by atoms with Crippen LogP contribution in [-0.2, 0) is 5.41 Å². The van der Waals surface area contributed by atoms with E-state index in [1.54, 1.807) is 0 Å². The standard InChI is InChI=1S/C53H36/c1-53(2)47-24-12-23-42(52(47)51-41-18-6-4-14-34(41)28-30-48(51)53)35-15-11-16-37(31-35)49-43-19-7-9-21-45(43)50(46-22-10-8-20-44(46)49)38-27-29-40-36(32-38)26-25-33-13-3-5-17-39(33)40/h3-32H,1-2H3. The van der Waals surface area contributed by atoms with Crippen molar-refractivity contribution in [3.05, 3.63) is 193 Å². The van der Waals surface area contributed by atoms with Gasteiger partial charge < -0.3 is 0 Å². The second-order valence-corrected chi connectivity index (χ2v) is 15.2. The zero-order valence-electron chi connectivity index (χ0n) is 29.8. The average molecular weight is 673 g/mol. The molecule has 53 heavy (non-hydrogen) atoms. The van der Waals surface area contributed by atoms with Gasteiger partial charge in [0.1, 0.15) is 0 Å². The fourth-order valence-corrected chi connectivity index (χ4v) is 9.55. The SMILES string of the molecule is CC1(C)c2cccc(-c3cccc(-c4c5ccccc5c(-c5ccc6c(ccc7ccccc76)c5)c5ccccc45)c3)c2-c2c1ccc1ccccc21. The predicted octanol–water partition coefficient (Wildman–Crippen LogP) is 14.8. The summed E-state index contributed by atoms with van der Waals surface area (Å²) >= 11 is 0. The van der Waals surface area contributed by atoms with Crippen molar-refractivity contribution in [2.75, 3.05) is 0 Å². The lowest BCUT2D eigenvalue weighted by Crippen LogP contribution is -2.14. The van der Waals surface area contributed by atoms with Crippen LogP contribution in [0.15, 0.2) is 182 Å². The lowest BCUT2D eigenvalue weighted by molar-refractivity contribution is 0.661. The first-order chi connectivity index (χ1) is 26.1. The third kappa shape index (κ3) is 4.36. The van der Waals surface area contributed by atoms with Gasteiger partial charge in [-0.3, -0.25) is 0 Å². The maximum absolute atomic E-state index is 2.43. The van der Waals surface area contributed by atoms with Gasteiger partial charge in [-0.1, -0.05) is 184 Å². The summed E-state index contributed by atoms with van der Waals surface area (Å²) < 4.78 is 0. The van der Waals surface area contributed by atoms with Crippen molar-refractivity contribution in [2.24, 2.45) is 0 Å². The van der Waals surface area contributed by atoms with Gasteiger partial charge in [0, 0.05) is 5.41 Å². The Hall–Kier alpha value is -6.50. The summed E-state index contributed by atoms with van der Waals surface area (Å²) in [5.74, 6) is 0. The van der Waals surface area contributed by atoms with Crippen LogP contribution in [0.1, 0.15) is 25.0 Å². The second-order valence-electron chi connectivity index (χ2n) is 15.2. The molecule has 0 saturated heterocycles. The molecule has 1 aliphatic rings. The Bertz CT molecular complexity index is 3080. The normalized spacial score (nSPS) is 13.2. The molecular formula is C53H36. The van der Waals surface area contributed by atoms with Crippen LogP contribution < -0.4 is 0 Å². The minimum Gasteiger partial charge on any atom is -0.0616 e. The molecule has 248 valence electrons. The van der Waals surface area contributed by atoms with E-state index in [1.807, 2.05) is 0 Å². The van der Waals surface area contributed by atoms with Crippen LogP contribution in [0.5, 0.6) is 0 Å². The molecule has 0 spiro atoms. The van der Waals surface area contributed by atoms with E-state index in [0.717, 1.165) is 0 Å². The molecule has 1 aliphatic carbocycles. The van der Waals surface area contributed by atoms with Crippen molar-refractivity contribution in [3.63, 3.8) is 0 Å². The number of benzene rings is 10. The van der Waals surface area contributed by atoms with Crippen LogP contribution in [0.4, 0.5) is 0 Å². The molecule has 0 atom stereocenters. The van der Waals surface area contributed by atoms with E-state index < -0.39 is 0 Å². The van der Waals surface area contributed by atoms with E-state index in [4.69, 9.17) is 0 Å². The number of fused-ring (bicyclic) bond motifs is 10. The molecule has 0 radical (unpaired) electrons. The van der Waals surface area contributed by atoms with Gasteiger partial charge in [0.15, 0.2) is 0 Å². The maximum atomic E-state index is 2.43. The zero-order chi connectivity index (χ0) is 35.3. The predicted molar refractivity (Wildman–Crippen MR) is 228 cm³/mol. The summed E-state index contributed by atoms with van der Waals surface area (Å²) in [4.78, 5) is 0. The van der Waals surface area contributed by atoms with Crippen LogP contribution >= 0.6 is 0 Å². The minimum atomic E-state index is -0.0829. The van der Waals surface area contributed by atoms with Gasteiger partial charge in [0.05, 0.1) is 0 Å². The third-order valence-electron chi connectivity index (χ3n) is 12.0. The first kappa shape index (κ1) is 30.2. The Morgan fingerprint density at radius 3 is 1.47 bits per heavy atom. The van der Waals surface area contributed by atoms with Crippen molar-refractivity contribution in [1.82, 2.24) is 0 Å². The highest BCUT2D eigenvalue weighted by Gasteiger charge is 2.37. The van der Waals surface area contributed by atoms with Crippen LogP contribution in [0.3, 0.4) is 0 Å². The molecule has 0 heteroatoms. The summed E-state index contributed by atoms with van der Waals surface area (Å²) in [6.07, 6.45) is 0. The van der Waals surface area contributed by atoms with Crippen molar-refractivity contribution in [3.8, 4) is 44.5 Å². The lowest BCUT2D eigenvalue weighted by atomic mass is 9.81. The van der Waals surface area contributed by atoms with Gasteiger partial charge in [-0.25, -0.2) is 0 Å². The molecule has 0 saturated carbocycles. The molecule has 10 aromatic rings. The van der Waals surface area contributed by atoms with Crippen LogP contribution in [-0.4, -0.2) is 0 Å². The molecule has 0 unspecified atom stereocenters. The van der Waals surface area contributed by atoms with Gasteiger partial charge in [-0.15, -0.1) is 0 Å². The lowest BCUT2D eigenvalue weighted by Gasteiger charge is -2.22. The summed E-state index contributed by atoms with van der Waals surface area (Å²) in [6.45, 7) is 4.76. The number of hydrogen-bond donors (Lipinski definition) is 0. The van der Waals surface area contributed by atoms with E-state index >= 15 is 0 Å². The van der Waals surface area contributed by atoms with Gasteiger partial charge in [0.25, 0.3) is 0 Å². The minimum absolute atomic E-state index is 0.0829. The molecule has 0 N–H and O–H groups in total. The topological polar surface area (TPSA) is 0 Å². The van der Waals surface area contributed by atoms with Gasteiger partial charge in [-0.05, 0) is 122 Å². The summed E-state index contributed by atoms with van der Waals surface area (Å²) in [5.41, 5.74) is 13.1. The third-order valence-corrected chi connectivity index (χ3v) is 12.0. The van der Waals surface area contributed by atoms with Crippen molar-refractivity contribution in [2.45, 2.75) is 19.3 Å². The Morgan fingerprint density at radius 1 is 0.283 bits per heavy atom. The first-order valence-corrected chi connectivity index (χ1v) is 18.7. The molecular weight excluding hydrogens is 637 g/mol. The smallest absolute Gasteiger partial charge is 0.0159 e. The van der Waals surface area contributed by atoms with Crippen molar-refractivity contribution in [1.29, 1.82) is 0 Å². The fraction of sp³-hybridized carbons (Fsp3) is 0.0566. The van der Waals surface area contributed by atoms with E-state index in [0.29, 0.717) is 0 Å². The summed E-state index contributed by atoms with van der Waals surface area (Å²) in [6, 6.07) is 67.9. The van der Waals surface area contributed by atoms with Crippen LogP contribution in [0.25, 0.3) is 98.4 Å². The van der Waals surface area contributed by atoms with Crippen molar-refractivity contribution >= 4 is 53.9 Å². The molecule has 0 bridgehead atoms. The van der Waals surface area contributed by atoms with Gasteiger partial charge >= 0.3 is 0 Å². The van der Waals surface area contributed by atoms with Gasteiger partial charge in [0.2, 0.25) is 0 Å². The average Bonchev–Trinajstić information content (AvgIpc) is 3.46. The van der Waals surface area contributed by atoms with Crippen LogP contribution in [0, 0.1) is 0 Å². The number of rotatable bonds is 3. The van der Waals surface area contributed by atoms with Crippen molar-refractivity contribution < 1.29 is 0 Å².